The number of nitrogens with one attached hydrogen (secondary N) is 1. The predicted molar refractivity (Wildman–Crippen MR) is 141 cm³/mol. The van der Waals surface area contributed by atoms with Gasteiger partial charge in [0.1, 0.15) is 0 Å². The molecule has 1 aromatic heterocycles. The first kappa shape index (κ1) is 22.7. The van der Waals surface area contributed by atoms with Gasteiger partial charge in [0.25, 0.3) is 0 Å². The summed E-state index contributed by atoms with van der Waals surface area (Å²) in [7, 11) is 0. The van der Waals surface area contributed by atoms with Crippen molar-refractivity contribution in [3.8, 4) is 0 Å². The third-order valence-electron chi connectivity index (χ3n) is 8.41. The number of hydrogen-bond donors (Lipinski definition) is 1. The molecule has 2 saturated carbocycles. The minimum Gasteiger partial charge on any atom is -0.347 e. The smallest absolute Gasteiger partial charge is 0.0483 e. The number of benzene rings is 2. The minimum atomic E-state index is 0.444. The molecule has 0 saturated heterocycles. The van der Waals surface area contributed by atoms with Gasteiger partial charge in [-0.2, -0.15) is 0 Å². The van der Waals surface area contributed by atoms with Crippen molar-refractivity contribution < 1.29 is 0 Å². The molecular formula is C31H42N2. The second kappa shape index (κ2) is 10.9. The Balaban J connectivity index is 1.44. The van der Waals surface area contributed by atoms with Crippen LogP contribution in [0.2, 0.25) is 0 Å². The molecular weight excluding hydrogens is 400 g/mol. The quantitative estimate of drug-likeness (QED) is 0.374. The third-order valence-corrected chi connectivity index (χ3v) is 8.41. The van der Waals surface area contributed by atoms with Gasteiger partial charge in [-0.05, 0) is 74.2 Å². The number of hydrogen-bond acceptors (Lipinski definition) is 1. The molecule has 0 spiro atoms. The zero-order chi connectivity index (χ0) is 22.5. The van der Waals surface area contributed by atoms with Gasteiger partial charge in [0.05, 0.1) is 0 Å². The lowest BCUT2D eigenvalue weighted by Crippen LogP contribution is -2.32. The van der Waals surface area contributed by atoms with Gasteiger partial charge >= 0.3 is 0 Å². The normalized spacial score (nSPS) is 19.2. The van der Waals surface area contributed by atoms with E-state index < -0.39 is 0 Å². The standard InChI is InChI=1S/C31H42N2/c1-24-12-8-9-17-27(24)28(20-21-32-26-15-6-3-7-16-26)30-23-33(22-25-13-4-2-5-14-25)31-19-11-10-18-29(30)31/h8-12,17-19,23,25-26,28,32H,2-7,13-16,20-22H2,1H3. The molecule has 0 radical (unpaired) electrons. The van der Waals surface area contributed by atoms with Gasteiger partial charge in [0, 0.05) is 35.6 Å². The summed E-state index contributed by atoms with van der Waals surface area (Å²) in [6, 6.07) is 18.9. The maximum Gasteiger partial charge on any atom is 0.0483 e. The van der Waals surface area contributed by atoms with Crippen LogP contribution in [0.4, 0.5) is 0 Å². The van der Waals surface area contributed by atoms with E-state index in [1.54, 1.807) is 0 Å². The van der Waals surface area contributed by atoms with E-state index in [1.165, 1.54) is 105 Å². The molecule has 0 amide bonds. The highest BCUT2D eigenvalue weighted by molar-refractivity contribution is 5.85. The first-order valence-corrected chi connectivity index (χ1v) is 13.7. The lowest BCUT2D eigenvalue weighted by Gasteiger charge is -2.25. The average molecular weight is 443 g/mol. The van der Waals surface area contributed by atoms with Crippen LogP contribution in [0.1, 0.15) is 93.2 Å². The maximum atomic E-state index is 3.92. The Labute approximate surface area is 200 Å². The molecule has 1 atom stereocenters. The lowest BCUT2D eigenvalue weighted by molar-refractivity contribution is 0.322. The van der Waals surface area contributed by atoms with Gasteiger partial charge < -0.3 is 9.88 Å². The minimum absolute atomic E-state index is 0.444. The summed E-state index contributed by atoms with van der Waals surface area (Å²) in [5.74, 6) is 1.28. The van der Waals surface area contributed by atoms with E-state index in [-0.39, 0.29) is 0 Å². The Morgan fingerprint density at radius 1 is 0.818 bits per heavy atom. The number of rotatable bonds is 8. The van der Waals surface area contributed by atoms with Crippen molar-refractivity contribution in [1.29, 1.82) is 0 Å². The number of aromatic nitrogens is 1. The summed E-state index contributed by atoms with van der Waals surface area (Å²) in [4.78, 5) is 0. The van der Waals surface area contributed by atoms with E-state index in [9.17, 15) is 0 Å². The van der Waals surface area contributed by atoms with Gasteiger partial charge in [0.15, 0.2) is 0 Å². The molecule has 1 N–H and O–H groups in total. The highest BCUT2D eigenvalue weighted by Gasteiger charge is 2.23. The highest BCUT2D eigenvalue weighted by atomic mass is 15.0. The highest BCUT2D eigenvalue weighted by Crippen LogP contribution is 2.37. The van der Waals surface area contributed by atoms with Crippen molar-refractivity contribution >= 4 is 10.9 Å². The fourth-order valence-electron chi connectivity index (χ4n) is 6.55. The van der Waals surface area contributed by atoms with Gasteiger partial charge in [-0.25, -0.2) is 0 Å². The van der Waals surface area contributed by atoms with Gasteiger partial charge in [-0.15, -0.1) is 0 Å². The zero-order valence-electron chi connectivity index (χ0n) is 20.6. The SMILES string of the molecule is Cc1ccccc1C(CCNC1CCCCC1)c1cn(CC2CCCCC2)c2ccccc12. The molecule has 2 nitrogen and oxygen atoms in total. The molecule has 0 bridgehead atoms. The van der Waals surface area contributed by atoms with Crippen molar-refractivity contribution in [2.24, 2.45) is 5.92 Å². The average Bonchev–Trinajstić information content (AvgIpc) is 3.22. The summed E-state index contributed by atoms with van der Waals surface area (Å²) in [5, 5.41) is 5.38. The molecule has 2 fully saturated rings. The Morgan fingerprint density at radius 2 is 1.52 bits per heavy atom. The van der Waals surface area contributed by atoms with Crippen molar-refractivity contribution in [2.75, 3.05) is 6.54 Å². The van der Waals surface area contributed by atoms with Gasteiger partial charge in [0.2, 0.25) is 0 Å². The monoisotopic (exact) mass is 442 g/mol. The van der Waals surface area contributed by atoms with Gasteiger partial charge in [-0.1, -0.05) is 81.0 Å². The van der Waals surface area contributed by atoms with Crippen LogP contribution < -0.4 is 5.32 Å². The van der Waals surface area contributed by atoms with Crippen molar-refractivity contribution in [3.63, 3.8) is 0 Å². The largest absolute Gasteiger partial charge is 0.347 e. The van der Waals surface area contributed by atoms with Crippen LogP contribution in [0, 0.1) is 12.8 Å². The van der Waals surface area contributed by atoms with Crippen LogP contribution in [-0.4, -0.2) is 17.2 Å². The molecule has 0 aliphatic heterocycles. The third kappa shape index (κ3) is 5.38. The van der Waals surface area contributed by atoms with Crippen LogP contribution in [-0.2, 0) is 6.54 Å². The number of para-hydroxylation sites is 1. The van der Waals surface area contributed by atoms with E-state index in [0.717, 1.165) is 18.5 Å². The molecule has 1 unspecified atom stereocenters. The Bertz CT molecular complexity index is 1020. The maximum absolute atomic E-state index is 3.92. The van der Waals surface area contributed by atoms with E-state index in [4.69, 9.17) is 0 Å². The fourth-order valence-corrected chi connectivity index (χ4v) is 6.55. The zero-order valence-corrected chi connectivity index (χ0v) is 20.6. The molecule has 2 heteroatoms. The van der Waals surface area contributed by atoms with Crippen LogP contribution >= 0.6 is 0 Å². The first-order valence-electron chi connectivity index (χ1n) is 13.7. The molecule has 33 heavy (non-hydrogen) atoms. The van der Waals surface area contributed by atoms with Crippen LogP contribution in [0.25, 0.3) is 10.9 Å². The van der Waals surface area contributed by atoms with Crippen molar-refractivity contribution in [1.82, 2.24) is 9.88 Å². The Morgan fingerprint density at radius 3 is 2.30 bits per heavy atom. The van der Waals surface area contributed by atoms with E-state index in [2.05, 4.69) is 71.5 Å². The second-order valence-corrected chi connectivity index (χ2v) is 10.7. The van der Waals surface area contributed by atoms with E-state index in [0.29, 0.717) is 5.92 Å². The lowest BCUT2D eigenvalue weighted by atomic mass is 9.85. The molecule has 1 heterocycles. The summed E-state index contributed by atoms with van der Waals surface area (Å²) in [6.45, 7) is 4.57. The van der Waals surface area contributed by atoms with E-state index in [1.807, 2.05) is 0 Å². The molecule has 176 valence electrons. The number of nitrogens with zero attached hydrogens (tertiary/aromatic N) is 1. The van der Waals surface area contributed by atoms with Crippen LogP contribution in [0.5, 0.6) is 0 Å². The van der Waals surface area contributed by atoms with Gasteiger partial charge in [-0.3, -0.25) is 0 Å². The molecule has 2 aliphatic rings. The molecule has 3 aromatic rings. The van der Waals surface area contributed by atoms with Crippen LogP contribution in [0.3, 0.4) is 0 Å². The number of aryl methyl sites for hydroxylation is 1. The summed E-state index contributed by atoms with van der Waals surface area (Å²) >= 11 is 0. The second-order valence-electron chi connectivity index (χ2n) is 10.7. The first-order chi connectivity index (χ1) is 16.3. The van der Waals surface area contributed by atoms with Crippen molar-refractivity contribution in [3.05, 3.63) is 71.4 Å². The fraction of sp³-hybridized carbons (Fsp3) is 0.548. The molecule has 5 rings (SSSR count). The predicted octanol–water partition coefficient (Wildman–Crippen LogP) is 7.97. The van der Waals surface area contributed by atoms with Crippen molar-refractivity contribution in [2.45, 2.75) is 96.1 Å². The summed E-state index contributed by atoms with van der Waals surface area (Å²) < 4.78 is 2.60. The summed E-state index contributed by atoms with van der Waals surface area (Å²) in [6.07, 6.45) is 17.7. The Kier molecular flexibility index (Phi) is 7.51. The van der Waals surface area contributed by atoms with Crippen LogP contribution in [0.15, 0.2) is 54.7 Å². The summed E-state index contributed by atoms with van der Waals surface area (Å²) in [5.41, 5.74) is 5.88. The number of fused-ring (bicyclic) bond motifs is 1. The molecule has 2 aliphatic carbocycles. The molecule has 2 aromatic carbocycles. The Hall–Kier alpha value is -2.06. The topological polar surface area (TPSA) is 17.0 Å². The van der Waals surface area contributed by atoms with E-state index >= 15 is 0 Å².